The molecule has 0 saturated heterocycles. The molecule has 7 aromatic rings. The molecule has 0 atom stereocenters. The van der Waals surface area contributed by atoms with E-state index in [0.717, 1.165) is 33.4 Å². The summed E-state index contributed by atoms with van der Waals surface area (Å²) < 4.78 is 30.7. The number of phenolic OH excluding ortho intramolecular Hbond substituents is 1. The summed E-state index contributed by atoms with van der Waals surface area (Å²) in [4.78, 5) is 35.6. The molecule has 0 fully saturated rings. The minimum atomic E-state index is -0.811. The molecule has 1 N–H and O–H groups in total. The Morgan fingerprint density at radius 3 is 1.03 bits per heavy atom. The summed E-state index contributed by atoms with van der Waals surface area (Å²) >= 11 is 0. The van der Waals surface area contributed by atoms with E-state index in [9.17, 15) is 19.5 Å². The second-order valence-electron chi connectivity index (χ2n) is 17.5. The summed E-state index contributed by atoms with van der Waals surface area (Å²) in [6.45, 7) is 15.0. The number of rotatable bonds is 12. The van der Waals surface area contributed by atoms with Crippen LogP contribution in [0.3, 0.4) is 0 Å². The smallest absolute Gasteiger partial charge is 0.508 e. The van der Waals surface area contributed by atoms with E-state index in [4.69, 9.17) is 23.7 Å². The fourth-order valence-corrected chi connectivity index (χ4v) is 7.30. The van der Waals surface area contributed by atoms with Crippen LogP contribution in [0.4, 0.5) is 14.4 Å². The highest BCUT2D eigenvalue weighted by Crippen LogP contribution is 2.36. The molecule has 0 heterocycles. The number of hydrogen-bond donors (Lipinski definition) is 1. The minimum absolute atomic E-state index is 0. The summed E-state index contributed by atoms with van der Waals surface area (Å²) in [6, 6.07) is 54.4. The second kappa shape index (κ2) is 23.7. The molecule has 0 saturated carbocycles. The van der Waals surface area contributed by atoms with Crippen molar-refractivity contribution in [1.29, 1.82) is 0 Å². The third kappa shape index (κ3) is 14.3. The number of phenols is 1. The van der Waals surface area contributed by atoms with Crippen LogP contribution in [0, 0.1) is 6.92 Å². The molecule has 0 radical (unpaired) electrons. The van der Waals surface area contributed by atoms with Crippen LogP contribution in [-0.4, -0.2) is 30.7 Å². The molecule has 360 valence electrons. The SMILES string of the molecule is C.C.COC(=O)OCc1ccc(C(C)(C)c2ccc(O)cc2)cc1.Cc1ccc(C(C)(C)c2ccc(OC(=O)Oc3ccc(C(C)(C)c4ccc(OC(=O)Oc5ccccc5)cc4)cc3)cc2)cc1. The van der Waals surface area contributed by atoms with Gasteiger partial charge < -0.3 is 33.5 Å². The summed E-state index contributed by atoms with van der Waals surface area (Å²) in [5.74, 6) is 1.82. The van der Waals surface area contributed by atoms with Crippen LogP contribution in [0.25, 0.3) is 0 Å². The third-order valence-electron chi connectivity index (χ3n) is 11.8. The van der Waals surface area contributed by atoms with E-state index in [1.54, 1.807) is 72.8 Å². The Kier molecular flexibility index (Phi) is 18.5. The number of aryl methyl sites for hydroxylation is 1. The highest BCUT2D eigenvalue weighted by atomic mass is 16.7. The average Bonchev–Trinajstić information content (AvgIpc) is 3.32. The lowest BCUT2D eigenvalue weighted by molar-refractivity contribution is 0.0668. The van der Waals surface area contributed by atoms with E-state index < -0.39 is 18.5 Å². The van der Waals surface area contributed by atoms with E-state index in [1.165, 1.54) is 18.2 Å². The van der Waals surface area contributed by atoms with Crippen LogP contribution in [-0.2, 0) is 32.3 Å². The normalized spacial score (nSPS) is 11.0. The van der Waals surface area contributed by atoms with Gasteiger partial charge in [0.1, 0.15) is 35.4 Å². The molecule has 0 aliphatic rings. The molecule has 0 aliphatic heterocycles. The van der Waals surface area contributed by atoms with E-state index in [2.05, 4.69) is 77.5 Å². The summed E-state index contributed by atoms with van der Waals surface area (Å²) in [6.07, 6.45) is -2.30. The van der Waals surface area contributed by atoms with Crippen molar-refractivity contribution >= 4 is 18.5 Å². The standard InChI is InChI=1S/C39H36O6.C18H20O4.2CH4/c1-27-11-13-28(14-12-27)38(2,3)29-15-21-34(22-16-29)44-37(41)45-35-25-19-31(20-26-35)39(4,5)30-17-23-33(24-18-30)43-36(40)42-32-9-7-6-8-10-32;1-18(2,15-8-10-16(19)11-9-15)14-6-4-13(5-7-14)12-22-17(20)21-3;;/h6-26H,1-5H3;4-11,19H,12H2,1-3H3;2*1H4. The Balaban J connectivity index is 0.000000364. The lowest BCUT2D eigenvalue weighted by atomic mass is 9.78. The fraction of sp³-hybridized carbons (Fsp3) is 0.237. The van der Waals surface area contributed by atoms with Crippen molar-refractivity contribution in [3.63, 3.8) is 0 Å². The number of benzene rings is 7. The molecule has 0 unspecified atom stereocenters. The van der Waals surface area contributed by atoms with E-state index in [-0.39, 0.29) is 43.5 Å². The molecule has 69 heavy (non-hydrogen) atoms. The molecule has 0 aliphatic carbocycles. The van der Waals surface area contributed by atoms with Gasteiger partial charge in [-0.3, -0.25) is 0 Å². The maximum absolute atomic E-state index is 12.5. The highest BCUT2D eigenvalue weighted by molar-refractivity contribution is 5.68. The second-order valence-corrected chi connectivity index (χ2v) is 17.5. The lowest BCUT2D eigenvalue weighted by Crippen LogP contribution is -2.19. The monoisotopic (exact) mass is 932 g/mol. The van der Waals surface area contributed by atoms with Crippen LogP contribution >= 0.6 is 0 Å². The van der Waals surface area contributed by atoms with Gasteiger partial charge in [-0.25, -0.2) is 14.4 Å². The number of carbonyl (C=O) groups excluding carboxylic acids is 3. The first-order valence-electron chi connectivity index (χ1n) is 21.8. The van der Waals surface area contributed by atoms with Gasteiger partial charge in [0.05, 0.1) is 7.11 Å². The maximum Gasteiger partial charge on any atom is 0.519 e. The van der Waals surface area contributed by atoms with E-state index in [0.29, 0.717) is 23.0 Å². The number of para-hydroxylation sites is 1. The average molecular weight is 933 g/mol. The first kappa shape index (κ1) is 53.8. The fourth-order valence-electron chi connectivity index (χ4n) is 7.30. The molecule has 0 aromatic heterocycles. The molecule has 7 rings (SSSR count). The van der Waals surface area contributed by atoms with E-state index >= 15 is 0 Å². The van der Waals surface area contributed by atoms with Crippen molar-refractivity contribution in [2.45, 2.75) is 86.2 Å². The van der Waals surface area contributed by atoms with Gasteiger partial charge in [0.15, 0.2) is 0 Å². The van der Waals surface area contributed by atoms with Gasteiger partial charge in [0.2, 0.25) is 0 Å². The Labute approximate surface area is 407 Å². The first-order valence-corrected chi connectivity index (χ1v) is 21.8. The lowest BCUT2D eigenvalue weighted by Gasteiger charge is -2.26. The third-order valence-corrected chi connectivity index (χ3v) is 11.8. The molecule has 0 bridgehead atoms. The Hall–Kier alpha value is -7.85. The first-order chi connectivity index (χ1) is 31.9. The zero-order chi connectivity index (χ0) is 48.2. The summed E-state index contributed by atoms with van der Waals surface area (Å²) in [5, 5.41) is 9.40. The van der Waals surface area contributed by atoms with Gasteiger partial charge >= 0.3 is 18.5 Å². The van der Waals surface area contributed by atoms with Crippen molar-refractivity contribution < 1.29 is 47.9 Å². The van der Waals surface area contributed by atoms with Crippen LogP contribution < -0.4 is 18.9 Å². The number of hydrogen-bond acceptors (Lipinski definition) is 10. The van der Waals surface area contributed by atoms with Crippen LogP contribution in [0.5, 0.6) is 28.7 Å². The van der Waals surface area contributed by atoms with Gasteiger partial charge in [-0.05, 0) is 107 Å². The van der Waals surface area contributed by atoms with Crippen molar-refractivity contribution in [2.24, 2.45) is 0 Å². The Morgan fingerprint density at radius 2 is 0.696 bits per heavy atom. The van der Waals surface area contributed by atoms with Crippen LogP contribution in [0.2, 0.25) is 0 Å². The zero-order valence-electron chi connectivity index (χ0n) is 39.1. The quantitative estimate of drug-likeness (QED) is 0.0934. The van der Waals surface area contributed by atoms with Crippen LogP contribution in [0.1, 0.15) is 101 Å². The molecule has 7 aromatic carbocycles. The summed E-state index contributed by atoms with van der Waals surface area (Å²) in [5.41, 5.74) is 7.94. The molecule has 10 nitrogen and oxygen atoms in total. The van der Waals surface area contributed by atoms with Crippen molar-refractivity contribution in [3.8, 4) is 28.7 Å². The van der Waals surface area contributed by atoms with Gasteiger partial charge in [0.25, 0.3) is 0 Å². The van der Waals surface area contributed by atoms with E-state index in [1.807, 2.05) is 78.9 Å². The largest absolute Gasteiger partial charge is 0.519 e. The zero-order valence-corrected chi connectivity index (χ0v) is 39.1. The molecule has 0 amide bonds. The van der Waals surface area contributed by atoms with Crippen molar-refractivity contribution in [2.75, 3.05) is 7.11 Å². The number of carbonyl (C=O) groups is 3. The van der Waals surface area contributed by atoms with Gasteiger partial charge in [-0.2, -0.15) is 0 Å². The highest BCUT2D eigenvalue weighted by Gasteiger charge is 2.26. The minimum Gasteiger partial charge on any atom is -0.508 e. The molecular formula is C59H64O10. The predicted molar refractivity (Wildman–Crippen MR) is 272 cm³/mol. The topological polar surface area (TPSA) is 127 Å². The number of ether oxygens (including phenoxy) is 6. The van der Waals surface area contributed by atoms with Gasteiger partial charge in [0, 0.05) is 16.2 Å². The molecule has 10 heteroatoms. The number of aromatic hydroxyl groups is 1. The number of methoxy groups -OCH3 is 1. The predicted octanol–water partition coefficient (Wildman–Crippen LogP) is 15.1. The summed E-state index contributed by atoms with van der Waals surface area (Å²) in [7, 11) is 1.28. The molecule has 0 spiro atoms. The van der Waals surface area contributed by atoms with Crippen LogP contribution in [0.15, 0.2) is 176 Å². The van der Waals surface area contributed by atoms with Gasteiger partial charge in [-0.1, -0.05) is 177 Å². The van der Waals surface area contributed by atoms with Crippen molar-refractivity contribution in [3.05, 3.63) is 220 Å². The Morgan fingerprint density at radius 1 is 0.406 bits per heavy atom. The molecular weight excluding hydrogens is 869 g/mol. The maximum atomic E-state index is 12.5. The van der Waals surface area contributed by atoms with Crippen molar-refractivity contribution in [1.82, 2.24) is 0 Å². The Bertz CT molecular complexity index is 2710. The van der Waals surface area contributed by atoms with Gasteiger partial charge in [-0.15, -0.1) is 0 Å².